The summed E-state index contributed by atoms with van der Waals surface area (Å²) in [5, 5.41) is 6.20. The number of rotatable bonds is 3. The summed E-state index contributed by atoms with van der Waals surface area (Å²) in [4.78, 5) is 13.3. The second-order valence-electron chi connectivity index (χ2n) is 6.05. The lowest BCUT2D eigenvalue weighted by Gasteiger charge is -2.11. The molecule has 140 valence electrons. The first kappa shape index (κ1) is 18.2. The fourth-order valence-electron chi connectivity index (χ4n) is 2.87. The summed E-state index contributed by atoms with van der Waals surface area (Å²) < 4.78 is 40.3. The van der Waals surface area contributed by atoms with Crippen LogP contribution in [0.25, 0.3) is 27.4 Å². The minimum atomic E-state index is -4.45. The van der Waals surface area contributed by atoms with Crippen LogP contribution in [-0.2, 0) is 6.18 Å². The van der Waals surface area contributed by atoms with Crippen molar-refractivity contribution in [1.29, 1.82) is 0 Å². The summed E-state index contributed by atoms with van der Waals surface area (Å²) in [6, 6.07) is 17.5. The van der Waals surface area contributed by atoms with Gasteiger partial charge in [-0.1, -0.05) is 36.4 Å². The first-order valence-corrected chi connectivity index (χ1v) is 9.22. The molecule has 0 fully saturated rings. The molecule has 4 aromatic rings. The van der Waals surface area contributed by atoms with Crippen LogP contribution in [0.15, 0.2) is 83.1 Å². The van der Waals surface area contributed by atoms with Crippen LogP contribution in [-0.4, -0.2) is 9.78 Å². The van der Waals surface area contributed by atoms with Crippen LogP contribution >= 0.6 is 11.3 Å². The molecule has 2 aromatic carbocycles. The van der Waals surface area contributed by atoms with Crippen molar-refractivity contribution in [2.75, 3.05) is 0 Å². The molecule has 0 N–H and O–H groups in total. The predicted molar refractivity (Wildman–Crippen MR) is 104 cm³/mol. The summed E-state index contributed by atoms with van der Waals surface area (Å²) in [5.41, 5.74) is 0.963. The molecular weight excluding hydrogens is 385 g/mol. The molecule has 0 aliphatic carbocycles. The van der Waals surface area contributed by atoms with Gasteiger partial charge < -0.3 is 0 Å². The van der Waals surface area contributed by atoms with E-state index in [2.05, 4.69) is 5.10 Å². The van der Waals surface area contributed by atoms with E-state index in [1.54, 1.807) is 6.07 Å². The number of alkyl halides is 3. The highest BCUT2D eigenvalue weighted by atomic mass is 32.1. The molecule has 0 saturated heterocycles. The quantitative estimate of drug-likeness (QED) is 0.447. The van der Waals surface area contributed by atoms with Gasteiger partial charge in [-0.3, -0.25) is 4.79 Å². The van der Waals surface area contributed by atoms with Crippen LogP contribution in [0.3, 0.4) is 0 Å². The number of hydrogen-bond acceptors (Lipinski definition) is 3. The Morgan fingerprint density at radius 3 is 2.46 bits per heavy atom. The van der Waals surface area contributed by atoms with E-state index < -0.39 is 11.7 Å². The second-order valence-corrected chi connectivity index (χ2v) is 6.97. The number of aromatic nitrogens is 2. The van der Waals surface area contributed by atoms with E-state index in [1.165, 1.54) is 40.4 Å². The molecule has 3 nitrogen and oxygen atoms in total. The molecule has 0 aliphatic rings. The van der Waals surface area contributed by atoms with Crippen molar-refractivity contribution in [1.82, 2.24) is 9.78 Å². The van der Waals surface area contributed by atoms with Gasteiger partial charge >= 0.3 is 6.18 Å². The smallest absolute Gasteiger partial charge is 0.287 e. The summed E-state index contributed by atoms with van der Waals surface area (Å²) in [6.45, 7) is 0. The average Bonchev–Trinajstić information content (AvgIpc) is 3.18. The molecule has 28 heavy (non-hydrogen) atoms. The fraction of sp³-hybridized carbons (Fsp3) is 0.0476. The Kier molecular flexibility index (Phi) is 4.60. The predicted octanol–water partition coefficient (Wildman–Crippen LogP) is 5.65. The third-order valence-corrected chi connectivity index (χ3v) is 5.17. The molecule has 2 heterocycles. The van der Waals surface area contributed by atoms with Crippen LogP contribution in [0.2, 0.25) is 0 Å². The molecule has 7 heteroatoms. The molecule has 2 aromatic heterocycles. The van der Waals surface area contributed by atoms with E-state index in [4.69, 9.17) is 0 Å². The zero-order chi connectivity index (χ0) is 19.7. The number of benzene rings is 2. The van der Waals surface area contributed by atoms with Crippen molar-refractivity contribution in [2.45, 2.75) is 6.18 Å². The van der Waals surface area contributed by atoms with Crippen molar-refractivity contribution in [3.63, 3.8) is 0 Å². The topological polar surface area (TPSA) is 34.9 Å². The first-order valence-electron chi connectivity index (χ1n) is 8.34. The second kappa shape index (κ2) is 7.09. The van der Waals surface area contributed by atoms with E-state index in [9.17, 15) is 18.0 Å². The molecule has 0 saturated carbocycles. The minimum Gasteiger partial charge on any atom is -0.287 e. The van der Waals surface area contributed by atoms with E-state index in [1.807, 2.05) is 35.7 Å². The molecule has 4 rings (SSSR count). The maximum absolute atomic E-state index is 13.0. The maximum atomic E-state index is 13.0. The van der Waals surface area contributed by atoms with Gasteiger partial charge in [0.15, 0.2) is 0 Å². The van der Waals surface area contributed by atoms with Gasteiger partial charge in [0, 0.05) is 22.7 Å². The molecule has 0 spiro atoms. The summed E-state index contributed by atoms with van der Waals surface area (Å²) in [7, 11) is 0. The van der Waals surface area contributed by atoms with Crippen molar-refractivity contribution in [2.24, 2.45) is 0 Å². The Labute approximate surface area is 162 Å². The highest BCUT2D eigenvalue weighted by molar-refractivity contribution is 7.14. The Morgan fingerprint density at radius 2 is 1.71 bits per heavy atom. The van der Waals surface area contributed by atoms with Crippen LogP contribution < -0.4 is 5.43 Å². The Morgan fingerprint density at radius 1 is 0.929 bits per heavy atom. The molecule has 0 bridgehead atoms. The third kappa shape index (κ3) is 3.48. The minimum absolute atomic E-state index is 0.194. The SMILES string of the molecule is O=c1ccn(-c2cccc(C(F)(F)F)c2)nc1-c1ccsc1-c1ccccc1. The number of nitrogens with zero attached hydrogens (tertiary/aromatic N) is 2. The van der Waals surface area contributed by atoms with Crippen molar-refractivity contribution in [3.8, 4) is 27.4 Å². The largest absolute Gasteiger partial charge is 0.416 e. The highest BCUT2D eigenvalue weighted by Gasteiger charge is 2.30. The van der Waals surface area contributed by atoms with Gasteiger partial charge in [0.25, 0.3) is 0 Å². The van der Waals surface area contributed by atoms with Gasteiger partial charge in [-0.25, -0.2) is 4.68 Å². The Balaban J connectivity index is 1.83. The maximum Gasteiger partial charge on any atom is 0.416 e. The monoisotopic (exact) mass is 398 g/mol. The Hall–Kier alpha value is -3.19. The summed E-state index contributed by atoms with van der Waals surface area (Å²) in [6.07, 6.45) is -3.08. The van der Waals surface area contributed by atoms with E-state index in [0.29, 0.717) is 5.56 Å². The van der Waals surface area contributed by atoms with Crippen molar-refractivity contribution >= 4 is 11.3 Å². The number of thiophene rings is 1. The standard InChI is InChI=1S/C21H13F3N2OS/c22-21(23,24)15-7-4-8-16(13-15)26-11-9-18(27)19(25-26)17-10-12-28-20(17)14-5-2-1-3-6-14/h1-13H. The van der Waals surface area contributed by atoms with Gasteiger partial charge in [-0.2, -0.15) is 18.3 Å². The normalized spacial score (nSPS) is 11.5. The fourth-order valence-corrected chi connectivity index (χ4v) is 3.78. The molecule has 0 unspecified atom stereocenters. The van der Waals surface area contributed by atoms with Crippen LogP contribution in [0.1, 0.15) is 5.56 Å². The van der Waals surface area contributed by atoms with Gasteiger partial charge in [0.1, 0.15) is 5.69 Å². The van der Waals surface area contributed by atoms with E-state index in [0.717, 1.165) is 22.6 Å². The summed E-state index contributed by atoms with van der Waals surface area (Å²) in [5.74, 6) is 0. The highest BCUT2D eigenvalue weighted by Crippen LogP contribution is 2.35. The van der Waals surface area contributed by atoms with Crippen molar-refractivity contribution in [3.05, 3.63) is 94.1 Å². The van der Waals surface area contributed by atoms with Gasteiger partial charge in [0.05, 0.1) is 11.3 Å². The lowest BCUT2D eigenvalue weighted by Crippen LogP contribution is -2.13. The molecule has 0 radical (unpaired) electrons. The Bertz CT molecular complexity index is 1180. The molecule has 0 aliphatic heterocycles. The van der Waals surface area contributed by atoms with E-state index >= 15 is 0 Å². The van der Waals surface area contributed by atoms with Crippen LogP contribution in [0.5, 0.6) is 0 Å². The molecule has 0 amide bonds. The van der Waals surface area contributed by atoms with Gasteiger partial charge in [0.2, 0.25) is 5.43 Å². The molecular formula is C21H13F3N2OS. The van der Waals surface area contributed by atoms with Gasteiger partial charge in [-0.15, -0.1) is 11.3 Å². The lowest BCUT2D eigenvalue weighted by molar-refractivity contribution is -0.137. The van der Waals surface area contributed by atoms with Crippen molar-refractivity contribution < 1.29 is 13.2 Å². The number of halogens is 3. The molecule has 0 atom stereocenters. The first-order chi connectivity index (χ1) is 13.4. The van der Waals surface area contributed by atoms with Crippen LogP contribution in [0, 0.1) is 0 Å². The van der Waals surface area contributed by atoms with Gasteiger partial charge in [-0.05, 0) is 35.2 Å². The third-order valence-electron chi connectivity index (χ3n) is 4.20. The zero-order valence-electron chi connectivity index (χ0n) is 14.4. The van der Waals surface area contributed by atoms with E-state index in [-0.39, 0.29) is 16.8 Å². The number of hydrogen-bond donors (Lipinski definition) is 0. The lowest BCUT2D eigenvalue weighted by atomic mass is 10.1. The summed E-state index contributed by atoms with van der Waals surface area (Å²) >= 11 is 1.48. The zero-order valence-corrected chi connectivity index (χ0v) is 15.2. The van der Waals surface area contributed by atoms with Crippen LogP contribution in [0.4, 0.5) is 13.2 Å². The average molecular weight is 398 g/mol.